The lowest BCUT2D eigenvalue weighted by Crippen LogP contribution is -2.09. The van der Waals surface area contributed by atoms with Crippen LogP contribution in [-0.2, 0) is 22.6 Å². The second-order valence-corrected chi connectivity index (χ2v) is 4.45. The van der Waals surface area contributed by atoms with Crippen molar-refractivity contribution in [1.82, 2.24) is 0 Å². The fraction of sp³-hybridized carbons (Fsp3) is 0.400. The average Bonchev–Trinajstić information content (AvgIpc) is 2.53. The zero-order valence-corrected chi connectivity index (χ0v) is 9.15. The van der Waals surface area contributed by atoms with Gasteiger partial charge in [-0.25, -0.2) is 0 Å². The molecule has 0 aromatic carbocycles. The Morgan fingerprint density at radius 3 is 3.07 bits per heavy atom. The summed E-state index contributed by atoms with van der Waals surface area (Å²) in [5.74, 6) is -0.155. The summed E-state index contributed by atoms with van der Waals surface area (Å²) in [6.45, 7) is 2.62. The van der Waals surface area contributed by atoms with Crippen LogP contribution in [0.4, 0.5) is 5.00 Å². The summed E-state index contributed by atoms with van der Waals surface area (Å²) in [4.78, 5) is 22.9. The average molecular weight is 225 g/mol. The molecule has 0 saturated heterocycles. The van der Waals surface area contributed by atoms with Crippen LogP contribution in [0, 0.1) is 0 Å². The molecule has 1 aliphatic rings. The number of thiophene rings is 1. The van der Waals surface area contributed by atoms with E-state index in [1.807, 2.05) is 0 Å². The molecule has 0 unspecified atom stereocenters. The third kappa shape index (κ3) is 1.93. The minimum atomic E-state index is -0.155. The van der Waals surface area contributed by atoms with Gasteiger partial charge in [0.2, 0.25) is 5.91 Å². The standard InChI is InChI=1S/C10H11NO3S/c1-6(13)11-10-8(4-12)7-2-3-14-5-9(7)15-10/h4H,2-3,5H2,1H3,(H,11,13). The molecule has 2 heterocycles. The summed E-state index contributed by atoms with van der Waals surface area (Å²) < 4.78 is 5.30. The smallest absolute Gasteiger partial charge is 0.221 e. The van der Waals surface area contributed by atoms with E-state index in [4.69, 9.17) is 4.74 Å². The summed E-state index contributed by atoms with van der Waals surface area (Å²) in [6, 6.07) is 0. The van der Waals surface area contributed by atoms with Gasteiger partial charge < -0.3 is 10.1 Å². The number of nitrogens with one attached hydrogen (secondary N) is 1. The van der Waals surface area contributed by atoms with Crippen molar-refractivity contribution in [2.24, 2.45) is 0 Å². The normalized spacial score (nSPS) is 14.5. The number of rotatable bonds is 2. The molecule has 1 aliphatic heterocycles. The first kappa shape index (κ1) is 10.3. The molecule has 0 bridgehead atoms. The van der Waals surface area contributed by atoms with E-state index in [9.17, 15) is 9.59 Å². The van der Waals surface area contributed by atoms with Gasteiger partial charge in [0.15, 0.2) is 6.29 Å². The quantitative estimate of drug-likeness (QED) is 0.778. The molecule has 0 aliphatic carbocycles. The van der Waals surface area contributed by atoms with Crippen molar-refractivity contribution in [1.29, 1.82) is 0 Å². The number of fused-ring (bicyclic) bond motifs is 1. The zero-order chi connectivity index (χ0) is 10.8. The first-order valence-corrected chi connectivity index (χ1v) is 5.49. The van der Waals surface area contributed by atoms with Crippen LogP contribution in [0.1, 0.15) is 27.7 Å². The molecular weight excluding hydrogens is 214 g/mol. The molecule has 0 radical (unpaired) electrons. The van der Waals surface area contributed by atoms with Gasteiger partial charge in [-0.2, -0.15) is 0 Å². The third-order valence-corrected chi connectivity index (χ3v) is 3.41. The highest BCUT2D eigenvalue weighted by atomic mass is 32.1. The van der Waals surface area contributed by atoms with Crippen LogP contribution in [0.2, 0.25) is 0 Å². The molecule has 1 aromatic heterocycles. The van der Waals surface area contributed by atoms with Crippen LogP contribution in [0.15, 0.2) is 0 Å². The molecule has 5 heteroatoms. The Morgan fingerprint density at radius 2 is 2.40 bits per heavy atom. The van der Waals surface area contributed by atoms with Gasteiger partial charge in [0.05, 0.1) is 18.8 Å². The van der Waals surface area contributed by atoms with Crippen LogP contribution < -0.4 is 5.32 Å². The molecule has 1 N–H and O–H groups in total. The van der Waals surface area contributed by atoms with E-state index in [1.165, 1.54) is 18.3 Å². The maximum absolute atomic E-state index is 11.0. The summed E-state index contributed by atoms with van der Waals surface area (Å²) in [7, 11) is 0. The molecule has 1 amide bonds. The lowest BCUT2D eigenvalue weighted by atomic mass is 10.1. The zero-order valence-electron chi connectivity index (χ0n) is 8.33. The monoisotopic (exact) mass is 225 g/mol. The van der Waals surface area contributed by atoms with Crippen molar-refractivity contribution in [3.8, 4) is 0 Å². The topological polar surface area (TPSA) is 55.4 Å². The van der Waals surface area contributed by atoms with Gasteiger partial charge in [-0.15, -0.1) is 11.3 Å². The Balaban J connectivity index is 2.41. The lowest BCUT2D eigenvalue weighted by molar-refractivity contribution is -0.114. The van der Waals surface area contributed by atoms with Gasteiger partial charge in [0.1, 0.15) is 5.00 Å². The Kier molecular flexibility index (Phi) is 2.83. The van der Waals surface area contributed by atoms with Crippen molar-refractivity contribution < 1.29 is 14.3 Å². The second kappa shape index (κ2) is 4.12. The maximum Gasteiger partial charge on any atom is 0.221 e. The molecule has 0 saturated carbocycles. The summed E-state index contributed by atoms with van der Waals surface area (Å²) in [5.41, 5.74) is 1.65. The van der Waals surface area contributed by atoms with E-state index in [0.29, 0.717) is 23.8 Å². The predicted octanol–water partition coefficient (Wildman–Crippen LogP) is 1.59. The molecular formula is C10H11NO3S. The first-order valence-electron chi connectivity index (χ1n) is 4.67. The molecule has 80 valence electrons. The molecule has 2 rings (SSSR count). The van der Waals surface area contributed by atoms with Crippen LogP contribution in [0.5, 0.6) is 0 Å². The fourth-order valence-corrected chi connectivity index (χ4v) is 2.83. The lowest BCUT2D eigenvalue weighted by Gasteiger charge is -2.11. The van der Waals surface area contributed by atoms with Crippen molar-refractivity contribution in [2.75, 3.05) is 11.9 Å². The van der Waals surface area contributed by atoms with Crippen molar-refractivity contribution in [2.45, 2.75) is 20.0 Å². The van der Waals surface area contributed by atoms with Gasteiger partial charge in [-0.05, 0) is 12.0 Å². The van der Waals surface area contributed by atoms with Crippen molar-refractivity contribution in [3.63, 3.8) is 0 Å². The first-order chi connectivity index (χ1) is 7.22. The van der Waals surface area contributed by atoms with Gasteiger partial charge in [-0.1, -0.05) is 0 Å². The molecule has 1 aromatic rings. The van der Waals surface area contributed by atoms with Crippen LogP contribution in [-0.4, -0.2) is 18.8 Å². The Morgan fingerprint density at radius 1 is 1.60 bits per heavy atom. The maximum atomic E-state index is 11.0. The summed E-state index contributed by atoms with van der Waals surface area (Å²) >= 11 is 1.43. The van der Waals surface area contributed by atoms with Gasteiger partial charge in [-0.3, -0.25) is 9.59 Å². The Hall–Kier alpha value is -1.20. The Bertz CT molecular complexity index is 411. The van der Waals surface area contributed by atoms with Crippen molar-refractivity contribution >= 4 is 28.5 Å². The third-order valence-electron chi connectivity index (χ3n) is 2.27. The van der Waals surface area contributed by atoms with E-state index in [-0.39, 0.29) is 5.91 Å². The minimum Gasteiger partial charge on any atom is -0.376 e. The van der Waals surface area contributed by atoms with Gasteiger partial charge in [0.25, 0.3) is 0 Å². The molecule has 0 spiro atoms. The largest absolute Gasteiger partial charge is 0.376 e. The highest BCUT2D eigenvalue weighted by Gasteiger charge is 2.20. The molecule has 4 nitrogen and oxygen atoms in total. The van der Waals surface area contributed by atoms with Gasteiger partial charge in [0, 0.05) is 11.8 Å². The number of ether oxygens (including phenoxy) is 1. The number of hydrogen-bond donors (Lipinski definition) is 1. The number of carbonyl (C=O) groups is 2. The Labute approximate surface area is 91.2 Å². The van der Waals surface area contributed by atoms with Gasteiger partial charge >= 0.3 is 0 Å². The summed E-state index contributed by atoms with van der Waals surface area (Å²) in [6.07, 6.45) is 1.56. The SMILES string of the molecule is CC(=O)Nc1sc2c(c1C=O)CCOC2. The van der Waals surface area contributed by atoms with E-state index >= 15 is 0 Å². The van der Waals surface area contributed by atoms with Crippen LogP contribution in [0.25, 0.3) is 0 Å². The number of aldehydes is 1. The van der Waals surface area contributed by atoms with E-state index in [1.54, 1.807) is 0 Å². The minimum absolute atomic E-state index is 0.155. The van der Waals surface area contributed by atoms with E-state index in [2.05, 4.69) is 5.32 Å². The second-order valence-electron chi connectivity index (χ2n) is 3.35. The molecule has 0 atom stereocenters. The van der Waals surface area contributed by atoms with E-state index < -0.39 is 0 Å². The fourth-order valence-electron chi connectivity index (χ4n) is 1.63. The van der Waals surface area contributed by atoms with Crippen molar-refractivity contribution in [3.05, 3.63) is 16.0 Å². The molecule has 0 fully saturated rings. The van der Waals surface area contributed by atoms with Crippen LogP contribution in [0.3, 0.4) is 0 Å². The number of hydrogen-bond acceptors (Lipinski definition) is 4. The predicted molar refractivity (Wildman–Crippen MR) is 57.4 cm³/mol. The summed E-state index contributed by atoms with van der Waals surface area (Å²) in [5, 5.41) is 3.32. The number of amides is 1. The highest BCUT2D eigenvalue weighted by Crippen LogP contribution is 2.35. The van der Waals surface area contributed by atoms with E-state index in [0.717, 1.165) is 23.1 Å². The number of anilines is 1. The highest BCUT2D eigenvalue weighted by molar-refractivity contribution is 7.16. The molecule has 15 heavy (non-hydrogen) atoms. The van der Waals surface area contributed by atoms with Crippen LogP contribution >= 0.6 is 11.3 Å². The number of carbonyl (C=O) groups excluding carboxylic acids is 2.